The van der Waals surface area contributed by atoms with Crippen LogP contribution in [0.1, 0.15) is 49.8 Å². The molecular formula is C19H25N3O2. The molecule has 24 heavy (non-hydrogen) atoms. The van der Waals surface area contributed by atoms with Crippen LogP contribution in [0.4, 0.5) is 0 Å². The molecule has 3 heterocycles. The van der Waals surface area contributed by atoms with Crippen LogP contribution in [0.3, 0.4) is 0 Å². The fourth-order valence-electron chi connectivity index (χ4n) is 3.43. The Bertz CT molecular complexity index is 708. The third-order valence-corrected chi connectivity index (χ3v) is 4.78. The number of likely N-dealkylation sites (tertiary alicyclic amines) is 1. The van der Waals surface area contributed by atoms with E-state index >= 15 is 0 Å². The van der Waals surface area contributed by atoms with E-state index in [1.807, 2.05) is 38.7 Å². The number of rotatable bonds is 3. The summed E-state index contributed by atoms with van der Waals surface area (Å²) in [6, 6.07) is 6.15. The number of carbonyl (C=O) groups excluding carboxylic acids is 1. The molecule has 5 heteroatoms. The lowest BCUT2D eigenvalue weighted by Crippen LogP contribution is -2.40. The molecule has 0 saturated carbocycles. The predicted octanol–water partition coefficient (Wildman–Crippen LogP) is 3.72. The van der Waals surface area contributed by atoms with Crippen molar-refractivity contribution in [1.82, 2.24) is 15.0 Å². The second kappa shape index (κ2) is 6.75. The number of aromatic nitrogens is 2. The Balaban J connectivity index is 1.76. The van der Waals surface area contributed by atoms with E-state index in [9.17, 15) is 4.79 Å². The molecule has 0 spiro atoms. The van der Waals surface area contributed by atoms with E-state index in [2.05, 4.69) is 17.3 Å². The topological polar surface area (TPSA) is 59.2 Å². The molecule has 0 N–H and O–H groups in total. The van der Waals surface area contributed by atoms with Crippen molar-refractivity contribution < 1.29 is 9.32 Å². The summed E-state index contributed by atoms with van der Waals surface area (Å²) in [6.07, 6.45) is 1.94. The van der Waals surface area contributed by atoms with Gasteiger partial charge in [0.1, 0.15) is 5.76 Å². The largest absolute Gasteiger partial charge is 0.361 e. The van der Waals surface area contributed by atoms with Gasteiger partial charge in [-0.25, -0.2) is 0 Å². The maximum absolute atomic E-state index is 12.1. The van der Waals surface area contributed by atoms with Crippen LogP contribution in [-0.2, 0) is 4.79 Å². The Morgan fingerprint density at radius 2 is 1.96 bits per heavy atom. The van der Waals surface area contributed by atoms with Crippen molar-refractivity contribution in [3.05, 3.63) is 35.3 Å². The highest BCUT2D eigenvalue weighted by Crippen LogP contribution is 2.30. The van der Waals surface area contributed by atoms with E-state index in [0.29, 0.717) is 5.92 Å². The second-order valence-corrected chi connectivity index (χ2v) is 6.90. The minimum absolute atomic E-state index is 0.0718. The van der Waals surface area contributed by atoms with E-state index < -0.39 is 0 Å². The van der Waals surface area contributed by atoms with Crippen molar-refractivity contribution in [2.24, 2.45) is 5.92 Å². The molecule has 0 radical (unpaired) electrons. The van der Waals surface area contributed by atoms with Crippen LogP contribution in [0.15, 0.2) is 22.7 Å². The average Bonchev–Trinajstić information content (AvgIpc) is 2.93. The standard InChI is InChI=1S/C19H25N3O2/c1-12(2)19(23)22-10-8-15(9-11-22)16-6-5-7-17(20-16)18-13(3)21-24-14(18)4/h5-7,12,15H,8-11H2,1-4H3. The van der Waals surface area contributed by atoms with Crippen molar-refractivity contribution in [3.8, 4) is 11.3 Å². The normalized spacial score (nSPS) is 16.0. The Kier molecular flexibility index (Phi) is 4.69. The molecule has 0 aromatic carbocycles. The number of nitrogens with zero attached hydrogens (tertiary/aromatic N) is 3. The first-order valence-electron chi connectivity index (χ1n) is 8.66. The number of amides is 1. The third-order valence-electron chi connectivity index (χ3n) is 4.78. The first-order valence-corrected chi connectivity index (χ1v) is 8.66. The van der Waals surface area contributed by atoms with Crippen LogP contribution >= 0.6 is 0 Å². The lowest BCUT2D eigenvalue weighted by atomic mass is 9.92. The third kappa shape index (κ3) is 3.21. The summed E-state index contributed by atoms with van der Waals surface area (Å²) >= 11 is 0. The second-order valence-electron chi connectivity index (χ2n) is 6.90. The molecule has 1 aliphatic heterocycles. The minimum Gasteiger partial charge on any atom is -0.361 e. The van der Waals surface area contributed by atoms with E-state index in [0.717, 1.165) is 54.3 Å². The molecule has 1 saturated heterocycles. The molecule has 1 fully saturated rings. The minimum atomic E-state index is 0.0718. The summed E-state index contributed by atoms with van der Waals surface area (Å²) in [6.45, 7) is 9.42. The maximum atomic E-state index is 12.1. The molecule has 1 amide bonds. The monoisotopic (exact) mass is 327 g/mol. The molecule has 2 aromatic rings. The van der Waals surface area contributed by atoms with E-state index in [-0.39, 0.29) is 11.8 Å². The Labute approximate surface area is 143 Å². The molecular weight excluding hydrogens is 302 g/mol. The molecule has 128 valence electrons. The van der Waals surface area contributed by atoms with Crippen molar-refractivity contribution in [3.63, 3.8) is 0 Å². The smallest absolute Gasteiger partial charge is 0.225 e. The Morgan fingerprint density at radius 1 is 1.25 bits per heavy atom. The lowest BCUT2D eigenvalue weighted by Gasteiger charge is -2.33. The predicted molar refractivity (Wildman–Crippen MR) is 92.6 cm³/mol. The summed E-state index contributed by atoms with van der Waals surface area (Å²) < 4.78 is 5.26. The highest BCUT2D eigenvalue weighted by Gasteiger charge is 2.26. The van der Waals surface area contributed by atoms with Crippen molar-refractivity contribution in [2.75, 3.05) is 13.1 Å². The first kappa shape index (κ1) is 16.7. The van der Waals surface area contributed by atoms with Gasteiger partial charge in [-0.15, -0.1) is 0 Å². The van der Waals surface area contributed by atoms with Gasteiger partial charge in [-0.1, -0.05) is 25.1 Å². The SMILES string of the molecule is Cc1noc(C)c1-c1cccc(C2CCN(C(=O)C(C)C)CC2)n1. The van der Waals surface area contributed by atoms with Gasteiger partial charge in [-0.3, -0.25) is 9.78 Å². The van der Waals surface area contributed by atoms with Gasteiger partial charge in [0.2, 0.25) is 5.91 Å². The van der Waals surface area contributed by atoms with Gasteiger partial charge in [0.05, 0.1) is 17.0 Å². The van der Waals surface area contributed by atoms with Gasteiger partial charge in [-0.2, -0.15) is 0 Å². The zero-order valence-electron chi connectivity index (χ0n) is 14.9. The highest BCUT2D eigenvalue weighted by molar-refractivity contribution is 5.78. The lowest BCUT2D eigenvalue weighted by molar-refractivity contribution is -0.135. The van der Waals surface area contributed by atoms with Gasteiger partial charge in [-0.05, 0) is 38.8 Å². The average molecular weight is 327 g/mol. The van der Waals surface area contributed by atoms with Crippen LogP contribution in [0.25, 0.3) is 11.3 Å². The van der Waals surface area contributed by atoms with Crippen LogP contribution in [0.2, 0.25) is 0 Å². The summed E-state index contributed by atoms with van der Waals surface area (Å²) in [7, 11) is 0. The molecule has 0 bridgehead atoms. The van der Waals surface area contributed by atoms with Crippen molar-refractivity contribution >= 4 is 5.91 Å². The first-order chi connectivity index (χ1) is 11.5. The zero-order chi connectivity index (χ0) is 17.3. The number of hydrogen-bond donors (Lipinski definition) is 0. The van der Waals surface area contributed by atoms with Crippen molar-refractivity contribution in [2.45, 2.75) is 46.5 Å². The summed E-state index contributed by atoms with van der Waals surface area (Å²) in [5.74, 6) is 1.53. The van der Waals surface area contributed by atoms with E-state index in [1.165, 1.54) is 0 Å². The van der Waals surface area contributed by atoms with Crippen LogP contribution in [-0.4, -0.2) is 34.0 Å². The fourth-order valence-corrected chi connectivity index (χ4v) is 3.43. The Hall–Kier alpha value is -2.17. The number of aryl methyl sites for hydroxylation is 2. The fraction of sp³-hybridized carbons (Fsp3) is 0.526. The van der Waals surface area contributed by atoms with E-state index in [1.54, 1.807) is 0 Å². The van der Waals surface area contributed by atoms with Gasteiger partial charge in [0.25, 0.3) is 0 Å². The summed E-state index contributed by atoms with van der Waals surface area (Å²) in [5.41, 5.74) is 3.88. The van der Waals surface area contributed by atoms with Crippen LogP contribution in [0.5, 0.6) is 0 Å². The number of carbonyl (C=O) groups is 1. The molecule has 5 nitrogen and oxygen atoms in total. The number of hydrogen-bond acceptors (Lipinski definition) is 4. The summed E-state index contributed by atoms with van der Waals surface area (Å²) in [5, 5.41) is 4.02. The van der Waals surface area contributed by atoms with E-state index in [4.69, 9.17) is 9.51 Å². The molecule has 0 aliphatic carbocycles. The molecule has 0 atom stereocenters. The van der Waals surface area contributed by atoms with Crippen LogP contribution < -0.4 is 0 Å². The molecule has 3 rings (SSSR count). The zero-order valence-corrected chi connectivity index (χ0v) is 14.9. The highest BCUT2D eigenvalue weighted by atomic mass is 16.5. The van der Waals surface area contributed by atoms with Gasteiger partial charge < -0.3 is 9.42 Å². The van der Waals surface area contributed by atoms with Crippen LogP contribution in [0, 0.1) is 19.8 Å². The Morgan fingerprint density at radius 3 is 2.54 bits per heavy atom. The molecule has 2 aromatic heterocycles. The number of piperidine rings is 1. The van der Waals surface area contributed by atoms with Gasteiger partial charge in [0.15, 0.2) is 0 Å². The maximum Gasteiger partial charge on any atom is 0.225 e. The summed E-state index contributed by atoms with van der Waals surface area (Å²) in [4.78, 5) is 19.0. The number of pyridine rings is 1. The van der Waals surface area contributed by atoms with Gasteiger partial charge >= 0.3 is 0 Å². The van der Waals surface area contributed by atoms with Crippen molar-refractivity contribution in [1.29, 1.82) is 0 Å². The van der Waals surface area contributed by atoms with Gasteiger partial charge in [0, 0.05) is 30.6 Å². The quantitative estimate of drug-likeness (QED) is 0.862. The molecule has 0 unspecified atom stereocenters. The molecule has 1 aliphatic rings.